The summed E-state index contributed by atoms with van der Waals surface area (Å²) in [6.07, 6.45) is 0. The molecule has 0 bridgehead atoms. The number of benzene rings is 3. The summed E-state index contributed by atoms with van der Waals surface area (Å²) in [5.41, 5.74) is -4.06. The zero-order valence-electron chi connectivity index (χ0n) is 17.8. The lowest BCUT2D eigenvalue weighted by Gasteiger charge is -2.14. The van der Waals surface area contributed by atoms with Crippen LogP contribution in [0, 0.1) is 23.3 Å². The predicted molar refractivity (Wildman–Crippen MR) is 99.6 cm³/mol. The maximum absolute atomic E-state index is 14.7. The molecule has 0 aromatic heterocycles. The van der Waals surface area contributed by atoms with E-state index in [-0.39, 0.29) is 5.75 Å². The van der Waals surface area contributed by atoms with Crippen LogP contribution in [0.2, 0.25) is 0 Å². The Morgan fingerprint density at radius 3 is 2.17 bits per heavy atom. The van der Waals surface area contributed by atoms with E-state index in [1.165, 1.54) is 12.1 Å². The van der Waals surface area contributed by atoms with Gasteiger partial charge in [-0.25, -0.2) is 22.4 Å². The second kappa shape index (κ2) is 8.24. The molecule has 0 unspecified atom stereocenters. The number of carboxylic acids is 1. The minimum atomic E-state index is -2.88. The molecule has 1 amide bonds. The number of amides is 1. The molecule has 9 heteroatoms. The lowest BCUT2D eigenvalue weighted by atomic mass is 10.0. The van der Waals surface area contributed by atoms with Crippen molar-refractivity contribution in [2.24, 2.45) is 0 Å². The van der Waals surface area contributed by atoms with E-state index in [0.717, 1.165) is 36.4 Å². The third-order valence-corrected chi connectivity index (χ3v) is 4.14. The van der Waals surface area contributed by atoms with Gasteiger partial charge in [0.15, 0.2) is 23.3 Å². The van der Waals surface area contributed by atoms with Crippen LogP contribution in [0.25, 0.3) is 11.1 Å². The van der Waals surface area contributed by atoms with Gasteiger partial charge in [-0.1, -0.05) is 24.3 Å². The molecule has 0 fully saturated rings. The SMILES string of the molecule is [2H]C([2H])([2H])Oc1cccc(-c2c(F)c(F)c(NC(=O)c3ccccc3C(=O)O)c(F)c2F)c1. The number of carbonyl (C=O) groups is 2. The van der Waals surface area contributed by atoms with Gasteiger partial charge < -0.3 is 15.2 Å². The Bertz CT molecular complexity index is 1240. The van der Waals surface area contributed by atoms with Crippen molar-refractivity contribution < 1.29 is 41.1 Å². The Morgan fingerprint density at radius 2 is 1.57 bits per heavy atom. The molecule has 0 saturated carbocycles. The summed E-state index contributed by atoms with van der Waals surface area (Å²) in [6.45, 7) is 0. The number of aromatic carboxylic acids is 1. The van der Waals surface area contributed by atoms with Gasteiger partial charge in [-0.2, -0.15) is 0 Å². The van der Waals surface area contributed by atoms with Crippen LogP contribution in [0.3, 0.4) is 0 Å². The molecule has 3 rings (SSSR count). The zero-order chi connectivity index (χ0) is 24.5. The smallest absolute Gasteiger partial charge is 0.336 e. The van der Waals surface area contributed by atoms with Gasteiger partial charge in [-0.3, -0.25) is 4.79 Å². The van der Waals surface area contributed by atoms with E-state index in [1.54, 1.807) is 5.32 Å². The van der Waals surface area contributed by atoms with E-state index < -0.39 is 70.1 Å². The minimum Gasteiger partial charge on any atom is -0.497 e. The zero-order valence-corrected chi connectivity index (χ0v) is 14.8. The molecule has 0 saturated heterocycles. The fourth-order valence-corrected chi connectivity index (χ4v) is 2.76. The first kappa shape index (κ1) is 17.0. The van der Waals surface area contributed by atoms with E-state index in [0.29, 0.717) is 0 Å². The van der Waals surface area contributed by atoms with Crippen molar-refractivity contribution in [2.45, 2.75) is 0 Å². The summed E-state index contributed by atoms with van der Waals surface area (Å²) in [5, 5.41) is 10.8. The van der Waals surface area contributed by atoms with Crippen LogP contribution in [0.15, 0.2) is 48.5 Å². The van der Waals surface area contributed by atoms with Gasteiger partial charge >= 0.3 is 5.97 Å². The first-order valence-electron chi connectivity index (χ1n) is 9.69. The van der Waals surface area contributed by atoms with E-state index >= 15 is 0 Å². The summed E-state index contributed by atoms with van der Waals surface area (Å²) in [6, 6.07) is 8.94. The molecule has 0 heterocycles. The first-order chi connectivity index (χ1) is 15.4. The maximum atomic E-state index is 14.7. The molecule has 30 heavy (non-hydrogen) atoms. The Balaban J connectivity index is 2.05. The largest absolute Gasteiger partial charge is 0.497 e. The molecule has 0 aliphatic carbocycles. The minimum absolute atomic E-state index is 0.338. The summed E-state index contributed by atoms with van der Waals surface area (Å²) >= 11 is 0. The molecular formula is C21H13F4NO4. The topological polar surface area (TPSA) is 75.6 Å². The third-order valence-electron chi connectivity index (χ3n) is 4.14. The van der Waals surface area contributed by atoms with Gasteiger partial charge in [0.1, 0.15) is 11.4 Å². The fraction of sp³-hybridized carbons (Fsp3) is 0.0476. The standard InChI is InChI=1S/C21H13F4NO4/c1-30-11-6-4-5-10(9-11)14-15(22)17(24)19(18(25)16(14)23)26-20(27)12-7-2-3-8-13(12)21(28)29/h2-9H,1H3,(H,26,27)(H,28,29)/i1D3. The number of rotatable bonds is 5. The van der Waals surface area contributed by atoms with Crippen LogP contribution < -0.4 is 10.1 Å². The van der Waals surface area contributed by atoms with Gasteiger partial charge in [-0.05, 0) is 29.8 Å². The highest BCUT2D eigenvalue weighted by Gasteiger charge is 2.28. The van der Waals surface area contributed by atoms with Crippen molar-refractivity contribution in [3.63, 3.8) is 0 Å². The van der Waals surface area contributed by atoms with Gasteiger partial charge in [0.25, 0.3) is 5.91 Å². The lowest BCUT2D eigenvalue weighted by molar-refractivity contribution is 0.0692. The second-order valence-corrected chi connectivity index (χ2v) is 5.94. The van der Waals surface area contributed by atoms with Crippen molar-refractivity contribution in [1.29, 1.82) is 0 Å². The quantitative estimate of drug-likeness (QED) is 0.455. The van der Waals surface area contributed by atoms with Gasteiger partial charge in [0.05, 0.1) is 27.8 Å². The first-order valence-corrected chi connectivity index (χ1v) is 8.19. The van der Waals surface area contributed by atoms with Crippen LogP contribution in [-0.2, 0) is 0 Å². The highest BCUT2D eigenvalue weighted by Crippen LogP contribution is 2.36. The van der Waals surface area contributed by atoms with Gasteiger partial charge in [0, 0.05) is 0 Å². The Morgan fingerprint density at radius 1 is 0.933 bits per heavy atom. The van der Waals surface area contributed by atoms with Crippen LogP contribution in [0.5, 0.6) is 5.75 Å². The molecule has 0 aliphatic rings. The lowest BCUT2D eigenvalue weighted by Crippen LogP contribution is -2.19. The average molecular weight is 422 g/mol. The van der Waals surface area contributed by atoms with Gasteiger partial charge in [0.2, 0.25) is 0 Å². The molecule has 5 nitrogen and oxygen atoms in total. The number of halogens is 4. The van der Waals surface area contributed by atoms with Crippen LogP contribution in [-0.4, -0.2) is 24.0 Å². The molecule has 0 aliphatic heterocycles. The summed E-state index contributed by atoms with van der Waals surface area (Å²) in [4.78, 5) is 23.6. The van der Waals surface area contributed by atoms with Crippen LogP contribution in [0.4, 0.5) is 23.2 Å². The van der Waals surface area contributed by atoms with Crippen molar-refractivity contribution in [3.8, 4) is 16.9 Å². The van der Waals surface area contributed by atoms with E-state index in [9.17, 15) is 27.2 Å². The van der Waals surface area contributed by atoms with Crippen molar-refractivity contribution in [2.75, 3.05) is 12.4 Å². The summed E-state index contributed by atoms with van der Waals surface area (Å²) in [7, 11) is -2.88. The van der Waals surface area contributed by atoms with Gasteiger partial charge in [-0.15, -0.1) is 0 Å². The highest BCUT2D eigenvalue weighted by atomic mass is 19.2. The summed E-state index contributed by atoms with van der Waals surface area (Å²) in [5.74, 6) is -10.8. The molecular weight excluding hydrogens is 406 g/mol. The Kier molecular flexibility index (Phi) is 4.67. The highest BCUT2D eigenvalue weighted by molar-refractivity contribution is 6.10. The fourth-order valence-electron chi connectivity index (χ4n) is 2.76. The number of carbonyl (C=O) groups excluding carboxylic acids is 1. The predicted octanol–water partition coefficient (Wildman–Crippen LogP) is 4.87. The molecule has 0 radical (unpaired) electrons. The number of ether oxygens (including phenoxy) is 1. The molecule has 2 N–H and O–H groups in total. The number of hydrogen-bond donors (Lipinski definition) is 2. The van der Waals surface area contributed by atoms with E-state index in [4.69, 9.17) is 9.22 Å². The van der Waals surface area contributed by atoms with E-state index in [2.05, 4.69) is 4.74 Å². The molecule has 3 aromatic carbocycles. The molecule has 0 spiro atoms. The molecule has 154 valence electrons. The van der Waals surface area contributed by atoms with Crippen molar-refractivity contribution in [1.82, 2.24) is 0 Å². The number of carboxylic acid groups (broad SMARTS) is 1. The third kappa shape index (κ3) is 3.69. The van der Waals surface area contributed by atoms with E-state index in [1.807, 2.05) is 0 Å². The molecule has 0 atom stereocenters. The Hall–Kier alpha value is -3.88. The molecule has 3 aromatic rings. The maximum Gasteiger partial charge on any atom is 0.336 e. The second-order valence-electron chi connectivity index (χ2n) is 5.94. The normalized spacial score (nSPS) is 12.5. The van der Waals surface area contributed by atoms with Crippen LogP contribution in [0.1, 0.15) is 24.8 Å². The van der Waals surface area contributed by atoms with Crippen molar-refractivity contribution in [3.05, 3.63) is 82.9 Å². The van der Waals surface area contributed by atoms with Crippen LogP contribution >= 0.6 is 0 Å². The average Bonchev–Trinajstić information content (AvgIpc) is 2.74. The number of nitrogens with one attached hydrogen (secondary N) is 1. The number of anilines is 1. The monoisotopic (exact) mass is 422 g/mol. The van der Waals surface area contributed by atoms with Crippen molar-refractivity contribution >= 4 is 17.6 Å². The number of hydrogen-bond acceptors (Lipinski definition) is 3. The summed E-state index contributed by atoms with van der Waals surface area (Å²) < 4.78 is 84.6. The number of methoxy groups -OCH3 is 1. The Labute approximate surface area is 171 Å².